The van der Waals surface area contributed by atoms with Crippen LogP contribution in [0, 0.1) is 0 Å². The largest absolute Gasteiger partial charge is 0.367 e. The number of hydrogen-bond acceptors (Lipinski definition) is 4. The van der Waals surface area contributed by atoms with Crippen LogP contribution in [0.2, 0.25) is 0 Å². The van der Waals surface area contributed by atoms with Crippen LogP contribution in [0.5, 0.6) is 0 Å². The summed E-state index contributed by atoms with van der Waals surface area (Å²) in [6, 6.07) is 6.75. The minimum atomic E-state index is 0.165. The van der Waals surface area contributed by atoms with Crippen LogP contribution in [0.15, 0.2) is 18.2 Å². The van der Waals surface area contributed by atoms with Crippen molar-refractivity contribution in [3.05, 3.63) is 18.2 Å². The number of carbonyl (C=O) groups excluding carboxylic acids is 1. The van der Waals surface area contributed by atoms with Crippen LogP contribution < -0.4 is 10.2 Å². The predicted octanol–water partition coefficient (Wildman–Crippen LogP) is 1.71. The Morgan fingerprint density at radius 3 is 2.60 bits per heavy atom. The number of piperazine rings is 1. The fourth-order valence-electron chi connectivity index (χ4n) is 2.69. The molecule has 5 nitrogen and oxygen atoms in total. The number of nitrogens with zero attached hydrogens (tertiary/aromatic N) is 3. The molecule has 0 atom stereocenters. The molecule has 3 rings (SSSR count). The van der Waals surface area contributed by atoms with Gasteiger partial charge in [0.15, 0.2) is 0 Å². The molecule has 108 valence electrons. The lowest BCUT2D eigenvalue weighted by molar-refractivity contribution is -0.129. The zero-order chi connectivity index (χ0) is 13.9. The Bertz CT molecular complexity index is 479. The molecular formula is C15H22N4O. The number of anilines is 2. The van der Waals surface area contributed by atoms with Crippen molar-refractivity contribution in [2.24, 2.45) is 0 Å². The Kier molecular flexibility index (Phi) is 3.76. The first kappa shape index (κ1) is 13.2. The Balaban J connectivity index is 1.62. The van der Waals surface area contributed by atoms with E-state index in [0.29, 0.717) is 6.04 Å². The second-order valence-electron chi connectivity index (χ2n) is 5.65. The summed E-state index contributed by atoms with van der Waals surface area (Å²) in [6.45, 7) is 4.94. The van der Waals surface area contributed by atoms with E-state index in [1.165, 1.54) is 19.3 Å². The standard InChI is InChI=1S/C15H22N4O/c1-12(20)18-8-10-19(11-9-18)15-7-3-6-14(17-15)16-13-4-2-5-13/h3,6-7,13H,2,4-5,8-11H2,1H3,(H,16,17). The summed E-state index contributed by atoms with van der Waals surface area (Å²) in [5, 5.41) is 3.48. The quantitative estimate of drug-likeness (QED) is 0.911. The Morgan fingerprint density at radius 2 is 2.00 bits per heavy atom. The van der Waals surface area contributed by atoms with Crippen LogP contribution in [0.25, 0.3) is 0 Å². The summed E-state index contributed by atoms with van der Waals surface area (Å²) in [5.74, 6) is 2.15. The molecule has 2 heterocycles. The van der Waals surface area contributed by atoms with E-state index >= 15 is 0 Å². The summed E-state index contributed by atoms with van der Waals surface area (Å²) < 4.78 is 0. The van der Waals surface area contributed by atoms with E-state index in [1.54, 1.807) is 6.92 Å². The molecule has 2 aliphatic rings. The Morgan fingerprint density at radius 1 is 1.25 bits per heavy atom. The normalized spacial score (nSPS) is 19.6. The van der Waals surface area contributed by atoms with Gasteiger partial charge < -0.3 is 15.1 Å². The molecule has 5 heteroatoms. The van der Waals surface area contributed by atoms with Crippen LogP contribution >= 0.6 is 0 Å². The second-order valence-corrected chi connectivity index (χ2v) is 5.65. The smallest absolute Gasteiger partial charge is 0.219 e. The van der Waals surface area contributed by atoms with Crippen molar-refractivity contribution in [1.82, 2.24) is 9.88 Å². The van der Waals surface area contributed by atoms with Gasteiger partial charge in [-0.3, -0.25) is 4.79 Å². The predicted molar refractivity (Wildman–Crippen MR) is 80.0 cm³/mol. The lowest BCUT2D eigenvalue weighted by Crippen LogP contribution is -2.48. The summed E-state index contributed by atoms with van der Waals surface area (Å²) in [6.07, 6.45) is 3.83. The van der Waals surface area contributed by atoms with Crippen LogP contribution in [0.3, 0.4) is 0 Å². The second kappa shape index (κ2) is 5.69. The van der Waals surface area contributed by atoms with Gasteiger partial charge in [0, 0.05) is 39.1 Å². The number of pyridine rings is 1. The lowest BCUT2D eigenvalue weighted by atomic mass is 9.93. The molecule has 0 aromatic carbocycles. The average Bonchev–Trinajstić information content (AvgIpc) is 2.43. The monoisotopic (exact) mass is 274 g/mol. The Hall–Kier alpha value is -1.78. The molecule has 0 radical (unpaired) electrons. The van der Waals surface area contributed by atoms with Crippen molar-refractivity contribution < 1.29 is 4.79 Å². The molecule has 0 bridgehead atoms. The zero-order valence-electron chi connectivity index (χ0n) is 12.0. The van der Waals surface area contributed by atoms with Gasteiger partial charge in [-0.15, -0.1) is 0 Å². The van der Waals surface area contributed by atoms with E-state index < -0.39 is 0 Å². The van der Waals surface area contributed by atoms with Crippen molar-refractivity contribution in [2.45, 2.75) is 32.2 Å². The third-order valence-electron chi connectivity index (χ3n) is 4.24. The topological polar surface area (TPSA) is 48.5 Å². The molecular weight excluding hydrogens is 252 g/mol. The molecule has 2 fully saturated rings. The molecule has 0 unspecified atom stereocenters. The van der Waals surface area contributed by atoms with E-state index in [4.69, 9.17) is 4.98 Å². The van der Waals surface area contributed by atoms with Gasteiger partial charge in [0.1, 0.15) is 11.6 Å². The van der Waals surface area contributed by atoms with Gasteiger partial charge in [-0.25, -0.2) is 4.98 Å². The molecule has 0 spiro atoms. The summed E-state index contributed by atoms with van der Waals surface area (Å²) in [7, 11) is 0. The molecule has 1 N–H and O–H groups in total. The fourth-order valence-corrected chi connectivity index (χ4v) is 2.69. The van der Waals surface area contributed by atoms with Gasteiger partial charge in [-0.1, -0.05) is 6.07 Å². The van der Waals surface area contributed by atoms with Crippen molar-refractivity contribution in [2.75, 3.05) is 36.4 Å². The molecule has 20 heavy (non-hydrogen) atoms. The molecule has 1 saturated carbocycles. The molecule has 1 aromatic heterocycles. The molecule has 1 aromatic rings. The first-order valence-corrected chi connectivity index (χ1v) is 7.46. The van der Waals surface area contributed by atoms with Crippen LogP contribution in [0.1, 0.15) is 26.2 Å². The summed E-state index contributed by atoms with van der Waals surface area (Å²) >= 11 is 0. The summed E-state index contributed by atoms with van der Waals surface area (Å²) in [4.78, 5) is 20.2. The van der Waals surface area contributed by atoms with Crippen molar-refractivity contribution in [3.8, 4) is 0 Å². The minimum Gasteiger partial charge on any atom is -0.367 e. The van der Waals surface area contributed by atoms with E-state index in [2.05, 4.69) is 22.3 Å². The number of nitrogens with one attached hydrogen (secondary N) is 1. The number of aromatic nitrogens is 1. The average molecular weight is 274 g/mol. The first-order chi connectivity index (χ1) is 9.72. The highest BCUT2D eigenvalue weighted by Crippen LogP contribution is 2.23. The van der Waals surface area contributed by atoms with Crippen molar-refractivity contribution >= 4 is 17.5 Å². The van der Waals surface area contributed by atoms with Gasteiger partial charge in [-0.2, -0.15) is 0 Å². The van der Waals surface area contributed by atoms with Gasteiger partial charge in [0.2, 0.25) is 5.91 Å². The number of rotatable bonds is 3. The van der Waals surface area contributed by atoms with E-state index in [1.807, 2.05) is 11.0 Å². The van der Waals surface area contributed by atoms with E-state index in [0.717, 1.165) is 37.8 Å². The van der Waals surface area contributed by atoms with Crippen molar-refractivity contribution in [3.63, 3.8) is 0 Å². The molecule has 1 aliphatic carbocycles. The zero-order valence-corrected chi connectivity index (χ0v) is 12.0. The SMILES string of the molecule is CC(=O)N1CCN(c2cccc(NC3CCC3)n2)CC1. The number of carbonyl (C=O) groups is 1. The third kappa shape index (κ3) is 2.86. The fraction of sp³-hybridized carbons (Fsp3) is 0.600. The van der Waals surface area contributed by atoms with Crippen LogP contribution in [-0.2, 0) is 4.79 Å². The maximum Gasteiger partial charge on any atom is 0.219 e. The highest BCUT2D eigenvalue weighted by atomic mass is 16.2. The van der Waals surface area contributed by atoms with E-state index in [-0.39, 0.29) is 5.91 Å². The van der Waals surface area contributed by atoms with Crippen LogP contribution in [0.4, 0.5) is 11.6 Å². The summed E-state index contributed by atoms with van der Waals surface area (Å²) in [5.41, 5.74) is 0. The van der Waals surface area contributed by atoms with Gasteiger partial charge in [0.25, 0.3) is 0 Å². The van der Waals surface area contributed by atoms with Gasteiger partial charge in [0.05, 0.1) is 0 Å². The number of hydrogen-bond donors (Lipinski definition) is 1. The van der Waals surface area contributed by atoms with E-state index in [9.17, 15) is 4.79 Å². The minimum absolute atomic E-state index is 0.165. The molecule has 1 aliphatic heterocycles. The van der Waals surface area contributed by atoms with Crippen molar-refractivity contribution in [1.29, 1.82) is 0 Å². The Labute approximate surface area is 120 Å². The third-order valence-corrected chi connectivity index (χ3v) is 4.24. The highest BCUT2D eigenvalue weighted by Gasteiger charge is 2.21. The maximum atomic E-state index is 11.3. The maximum absolute atomic E-state index is 11.3. The molecule has 1 amide bonds. The highest BCUT2D eigenvalue weighted by molar-refractivity contribution is 5.73. The first-order valence-electron chi connectivity index (χ1n) is 7.46. The number of amides is 1. The van der Waals surface area contributed by atoms with Gasteiger partial charge in [-0.05, 0) is 31.4 Å². The van der Waals surface area contributed by atoms with Gasteiger partial charge >= 0.3 is 0 Å². The lowest BCUT2D eigenvalue weighted by Gasteiger charge is -2.35. The molecule has 1 saturated heterocycles. The van der Waals surface area contributed by atoms with Crippen LogP contribution in [-0.4, -0.2) is 48.0 Å².